The van der Waals surface area contributed by atoms with E-state index in [2.05, 4.69) is 15.5 Å². The molecule has 7 nitrogen and oxygen atoms in total. The molecule has 2 N–H and O–H groups in total. The zero-order chi connectivity index (χ0) is 23.0. The third-order valence-electron chi connectivity index (χ3n) is 5.62. The smallest absolute Gasteiger partial charge is 0.251 e. The summed E-state index contributed by atoms with van der Waals surface area (Å²) >= 11 is 0. The zero-order valence-electron chi connectivity index (χ0n) is 17.7. The number of carbonyl (C=O) groups excluding carboxylic acids is 1. The van der Waals surface area contributed by atoms with E-state index in [1.54, 1.807) is 48.5 Å². The molecular formula is C25H20FN3O4. The summed E-state index contributed by atoms with van der Waals surface area (Å²) in [5, 5.41) is 20.3. The van der Waals surface area contributed by atoms with Gasteiger partial charge in [-0.25, -0.2) is 4.39 Å². The number of rotatable bonds is 7. The van der Waals surface area contributed by atoms with Crippen molar-refractivity contribution in [1.82, 2.24) is 0 Å². The molecule has 3 aromatic carbocycles. The number of alkyl halides is 1. The van der Waals surface area contributed by atoms with Crippen molar-refractivity contribution < 1.29 is 23.8 Å². The highest BCUT2D eigenvalue weighted by Crippen LogP contribution is 2.61. The first-order valence-electron chi connectivity index (χ1n) is 10.3. The molecule has 0 fully saturated rings. The Labute approximate surface area is 189 Å². The van der Waals surface area contributed by atoms with Crippen LogP contribution in [0.5, 0.6) is 17.2 Å². The lowest BCUT2D eigenvalue weighted by molar-refractivity contribution is -0.111. The van der Waals surface area contributed by atoms with Crippen LogP contribution in [0.1, 0.15) is 28.4 Å². The van der Waals surface area contributed by atoms with Crippen LogP contribution >= 0.6 is 0 Å². The minimum Gasteiger partial charge on any atom is -0.504 e. The molecule has 3 aromatic rings. The Morgan fingerprint density at radius 2 is 1.97 bits per heavy atom. The Hall–Kier alpha value is -4.20. The van der Waals surface area contributed by atoms with E-state index in [1.807, 2.05) is 12.1 Å². The van der Waals surface area contributed by atoms with Gasteiger partial charge in [0.2, 0.25) is 5.91 Å². The van der Waals surface area contributed by atoms with Crippen LogP contribution in [0, 0.1) is 0 Å². The van der Waals surface area contributed by atoms with E-state index in [0.29, 0.717) is 28.3 Å². The second-order valence-electron chi connectivity index (χ2n) is 7.75. The predicted octanol–water partition coefficient (Wildman–Crippen LogP) is 5.27. The van der Waals surface area contributed by atoms with E-state index in [0.717, 1.165) is 11.1 Å². The van der Waals surface area contributed by atoms with Gasteiger partial charge < -0.3 is 19.9 Å². The van der Waals surface area contributed by atoms with E-state index < -0.39 is 11.8 Å². The van der Waals surface area contributed by atoms with Gasteiger partial charge in [0.15, 0.2) is 17.7 Å². The molecule has 1 spiro atoms. The number of nitrogens with one attached hydrogen (secondary N) is 1. The molecule has 5 rings (SSSR count). The minimum atomic E-state index is -1.20. The highest BCUT2D eigenvalue weighted by atomic mass is 19.1. The maximum Gasteiger partial charge on any atom is 0.251 e. The topological polar surface area (TPSA) is 92.5 Å². The van der Waals surface area contributed by atoms with Crippen molar-refractivity contribution in [3.05, 3.63) is 89.0 Å². The number of hydrogen-bond donors (Lipinski definition) is 2. The molecule has 1 aliphatic carbocycles. The minimum absolute atomic E-state index is 0.00942. The maximum absolute atomic E-state index is 14.3. The first-order chi connectivity index (χ1) is 16.0. The van der Waals surface area contributed by atoms with E-state index in [4.69, 9.17) is 9.47 Å². The second-order valence-corrected chi connectivity index (χ2v) is 7.75. The molecule has 33 heavy (non-hydrogen) atoms. The summed E-state index contributed by atoms with van der Waals surface area (Å²) in [5.74, 6) is 0.480. The molecule has 1 amide bonds. The number of para-hydroxylation sites is 2. The van der Waals surface area contributed by atoms with Gasteiger partial charge in [-0.05, 0) is 53.1 Å². The number of amides is 1. The summed E-state index contributed by atoms with van der Waals surface area (Å²) < 4.78 is 25.2. The molecule has 1 aliphatic heterocycles. The van der Waals surface area contributed by atoms with E-state index in [-0.39, 0.29) is 18.3 Å². The largest absolute Gasteiger partial charge is 0.504 e. The Bertz CT molecular complexity index is 1300. The molecule has 0 saturated heterocycles. The Kier molecular flexibility index (Phi) is 5.05. The predicted molar refractivity (Wildman–Crippen MR) is 120 cm³/mol. The fraction of sp³-hybridized carbons (Fsp3) is 0.160. The second kappa shape index (κ2) is 8.05. The quantitative estimate of drug-likeness (QED) is 0.484. The third kappa shape index (κ3) is 3.80. The van der Waals surface area contributed by atoms with Gasteiger partial charge in [-0.3, -0.25) is 4.79 Å². The summed E-state index contributed by atoms with van der Waals surface area (Å²) in [6.45, 7) is 0.217. The molecule has 0 saturated carbocycles. The highest BCUT2D eigenvalue weighted by Gasteiger charge is 2.61. The van der Waals surface area contributed by atoms with Gasteiger partial charge in [-0.1, -0.05) is 30.3 Å². The van der Waals surface area contributed by atoms with Crippen LogP contribution in [0.15, 0.2) is 77.0 Å². The SMILES string of the molecule is COc1ccc(/C=C/C(=O)Nc2ccccc2OCc2ccc3c(c2)C(F)C32N=N2)cc1O. The van der Waals surface area contributed by atoms with E-state index in [9.17, 15) is 14.3 Å². The number of phenols is 1. The lowest BCUT2D eigenvalue weighted by Gasteiger charge is -2.30. The van der Waals surface area contributed by atoms with E-state index in [1.165, 1.54) is 19.3 Å². The van der Waals surface area contributed by atoms with Crippen molar-refractivity contribution in [3.8, 4) is 17.2 Å². The molecule has 166 valence electrons. The number of fused-ring (bicyclic) bond motifs is 2. The molecule has 0 bridgehead atoms. The van der Waals surface area contributed by atoms with Crippen LogP contribution in [0.25, 0.3) is 6.08 Å². The Morgan fingerprint density at radius 1 is 1.15 bits per heavy atom. The van der Waals surface area contributed by atoms with Crippen LogP contribution in [-0.4, -0.2) is 18.1 Å². The lowest BCUT2D eigenvalue weighted by Crippen LogP contribution is -2.30. The average Bonchev–Trinajstić information content (AvgIpc) is 3.65. The molecule has 1 unspecified atom stereocenters. The Balaban J connectivity index is 1.23. The molecule has 0 radical (unpaired) electrons. The zero-order valence-corrected chi connectivity index (χ0v) is 17.7. The lowest BCUT2D eigenvalue weighted by atomic mass is 9.77. The van der Waals surface area contributed by atoms with Crippen LogP contribution in [0.3, 0.4) is 0 Å². The van der Waals surface area contributed by atoms with Crippen molar-refractivity contribution in [1.29, 1.82) is 0 Å². The number of halogens is 1. The summed E-state index contributed by atoms with van der Waals surface area (Å²) in [6.07, 6.45) is 1.75. The van der Waals surface area contributed by atoms with Crippen molar-refractivity contribution in [2.24, 2.45) is 10.2 Å². The molecule has 1 atom stereocenters. The van der Waals surface area contributed by atoms with Gasteiger partial charge in [-0.15, -0.1) is 10.2 Å². The normalized spacial score (nSPS) is 16.8. The fourth-order valence-corrected chi connectivity index (χ4v) is 3.80. The number of hydrogen-bond acceptors (Lipinski definition) is 6. The molecule has 1 heterocycles. The van der Waals surface area contributed by atoms with Crippen molar-refractivity contribution in [2.45, 2.75) is 18.4 Å². The van der Waals surface area contributed by atoms with Crippen molar-refractivity contribution >= 4 is 17.7 Å². The van der Waals surface area contributed by atoms with Gasteiger partial charge >= 0.3 is 0 Å². The highest BCUT2D eigenvalue weighted by molar-refractivity contribution is 6.02. The number of aromatic hydroxyl groups is 1. The number of phenolic OH excluding ortho intramolecular Hbond substituents is 1. The van der Waals surface area contributed by atoms with Crippen LogP contribution in [-0.2, 0) is 17.1 Å². The number of nitrogens with zero attached hydrogens (tertiary/aromatic N) is 2. The first kappa shape index (κ1) is 20.7. The molecule has 8 heteroatoms. The molecular weight excluding hydrogens is 425 g/mol. The average molecular weight is 445 g/mol. The number of benzene rings is 3. The van der Waals surface area contributed by atoms with Gasteiger partial charge in [0.1, 0.15) is 12.4 Å². The number of anilines is 1. The number of methoxy groups -OCH3 is 1. The monoisotopic (exact) mass is 445 g/mol. The van der Waals surface area contributed by atoms with Gasteiger partial charge in [0.25, 0.3) is 5.66 Å². The first-order valence-corrected chi connectivity index (χ1v) is 10.3. The van der Waals surface area contributed by atoms with Crippen molar-refractivity contribution in [2.75, 3.05) is 12.4 Å². The molecule has 0 aromatic heterocycles. The van der Waals surface area contributed by atoms with Gasteiger partial charge in [0.05, 0.1) is 12.8 Å². The van der Waals surface area contributed by atoms with Crippen LogP contribution < -0.4 is 14.8 Å². The molecule has 2 aliphatic rings. The standard InChI is InChI=1S/C25H20FN3O4/c1-32-22-10-7-15(13-20(22)30)8-11-23(31)27-19-4-2-3-5-21(19)33-14-16-6-9-18-17(12-16)24(26)25(18)28-29-25/h2-13,24,30H,14H2,1H3,(H,27,31)/b11-8+. The maximum atomic E-state index is 14.3. The number of carbonyl (C=O) groups is 1. The number of ether oxygens (including phenoxy) is 2. The van der Waals surface area contributed by atoms with E-state index >= 15 is 0 Å². The van der Waals surface area contributed by atoms with Crippen LogP contribution in [0.4, 0.5) is 10.1 Å². The fourth-order valence-electron chi connectivity index (χ4n) is 3.80. The summed E-state index contributed by atoms with van der Waals surface area (Å²) in [5.41, 5.74) is 2.43. The summed E-state index contributed by atoms with van der Waals surface area (Å²) in [6, 6.07) is 17.4. The summed E-state index contributed by atoms with van der Waals surface area (Å²) in [7, 11) is 1.47. The third-order valence-corrected chi connectivity index (χ3v) is 5.62. The van der Waals surface area contributed by atoms with Gasteiger partial charge in [-0.2, -0.15) is 0 Å². The summed E-state index contributed by atoms with van der Waals surface area (Å²) in [4.78, 5) is 12.4. The van der Waals surface area contributed by atoms with Gasteiger partial charge in [0, 0.05) is 11.6 Å². The Morgan fingerprint density at radius 3 is 2.73 bits per heavy atom. The van der Waals surface area contributed by atoms with Crippen molar-refractivity contribution in [3.63, 3.8) is 0 Å². The van der Waals surface area contributed by atoms with Crippen LogP contribution in [0.2, 0.25) is 0 Å².